The number of ether oxygens (including phenoxy) is 1. The first-order chi connectivity index (χ1) is 12.0. The number of halogens is 1. The van der Waals surface area contributed by atoms with Crippen molar-refractivity contribution in [1.82, 2.24) is 14.7 Å². The van der Waals surface area contributed by atoms with Gasteiger partial charge in [0.25, 0.3) is 5.91 Å². The van der Waals surface area contributed by atoms with Crippen LogP contribution in [-0.2, 0) is 7.05 Å². The Morgan fingerprint density at radius 2 is 1.96 bits per heavy atom. The third kappa shape index (κ3) is 3.98. The van der Waals surface area contributed by atoms with Crippen LogP contribution in [0.15, 0.2) is 30.3 Å². The monoisotopic (exact) mass is 361 g/mol. The molecular formula is C19H24ClN3O2. The van der Waals surface area contributed by atoms with Gasteiger partial charge in [0.1, 0.15) is 17.5 Å². The summed E-state index contributed by atoms with van der Waals surface area (Å²) in [7, 11) is 1.83. The molecule has 0 saturated carbocycles. The van der Waals surface area contributed by atoms with Crippen LogP contribution in [0.3, 0.4) is 0 Å². The first kappa shape index (κ1) is 17.8. The topological polar surface area (TPSA) is 47.4 Å². The number of benzene rings is 1. The highest BCUT2D eigenvalue weighted by atomic mass is 35.5. The standard InChI is InChI=1S/C19H24ClN3O2/c1-13(2)16-12-17(22(3)21-16)19(24)23-10-8-14(9-11-23)25-18-7-5-4-6-15(18)20/h4-7,12-14H,8-11H2,1-3H3. The molecule has 1 aliphatic heterocycles. The lowest BCUT2D eigenvalue weighted by Gasteiger charge is -2.32. The molecule has 0 radical (unpaired) electrons. The van der Waals surface area contributed by atoms with E-state index in [1.807, 2.05) is 42.3 Å². The van der Waals surface area contributed by atoms with Crippen molar-refractivity contribution >= 4 is 17.5 Å². The van der Waals surface area contributed by atoms with Crippen molar-refractivity contribution in [2.45, 2.75) is 38.7 Å². The van der Waals surface area contributed by atoms with E-state index in [-0.39, 0.29) is 12.0 Å². The lowest BCUT2D eigenvalue weighted by molar-refractivity contribution is 0.0585. The van der Waals surface area contributed by atoms with Gasteiger partial charge in [0.2, 0.25) is 0 Å². The highest BCUT2D eigenvalue weighted by Crippen LogP contribution is 2.27. The summed E-state index contributed by atoms with van der Waals surface area (Å²) in [4.78, 5) is 14.7. The van der Waals surface area contributed by atoms with Gasteiger partial charge in [0.05, 0.1) is 10.7 Å². The summed E-state index contributed by atoms with van der Waals surface area (Å²) >= 11 is 6.15. The van der Waals surface area contributed by atoms with Crippen LogP contribution in [0.1, 0.15) is 48.8 Å². The summed E-state index contributed by atoms with van der Waals surface area (Å²) in [6.07, 6.45) is 1.68. The van der Waals surface area contributed by atoms with E-state index in [2.05, 4.69) is 18.9 Å². The molecule has 3 rings (SSSR count). The van der Waals surface area contributed by atoms with Gasteiger partial charge in [-0.2, -0.15) is 5.10 Å². The number of hydrogen-bond acceptors (Lipinski definition) is 3. The highest BCUT2D eigenvalue weighted by molar-refractivity contribution is 6.32. The van der Waals surface area contributed by atoms with Crippen LogP contribution in [0.4, 0.5) is 0 Å². The van der Waals surface area contributed by atoms with Crippen LogP contribution in [0, 0.1) is 0 Å². The molecule has 1 saturated heterocycles. The molecule has 0 aliphatic carbocycles. The van der Waals surface area contributed by atoms with Gasteiger partial charge in [-0.1, -0.05) is 37.6 Å². The van der Waals surface area contributed by atoms with Crippen LogP contribution in [0.25, 0.3) is 0 Å². The predicted octanol–water partition coefficient (Wildman–Crippen LogP) is 3.88. The summed E-state index contributed by atoms with van der Waals surface area (Å²) in [6, 6.07) is 9.40. The van der Waals surface area contributed by atoms with Crippen LogP contribution < -0.4 is 4.74 Å². The minimum Gasteiger partial charge on any atom is -0.489 e. The number of aromatic nitrogens is 2. The number of hydrogen-bond donors (Lipinski definition) is 0. The zero-order valence-corrected chi connectivity index (χ0v) is 15.7. The third-order valence-electron chi connectivity index (χ3n) is 4.57. The van der Waals surface area contributed by atoms with Crippen LogP contribution in [0.5, 0.6) is 5.75 Å². The molecule has 0 spiro atoms. The number of piperidine rings is 1. The van der Waals surface area contributed by atoms with Crippen LogP contribution >= 0.6 is 11.6 Å². The summed E-state index contributed by atoms with van der Waals surface area (Å²) in [6.45, 7) is 5.51. The first-order valence-electron chi connectivity index (χ1n) is 8.70. The summed E-state index contributed by atoms with van der Waals surface area (Å²) in [5, 5.41) is 5.06. The second-order valence-electron chi connectivity index (χ2n) is 6.77. The molecule has 1 aromatic carbocycles. The number of aryl methyl sites for hydroxylation is 1. The van der Waals surface area contributed by atoms with E-state index >= 15 is 0 Å². The fourth-order valence-corrected chi connectivity index (χ4v) is 3.21. The molecule has 25 heavy (non-hydrogen) atoms. The lowest BCUT2D eigenvalue weighted by Crippen LogP contribution is -2.42. The van der Waals surface area contributed by atoms with Gasteiger partial charge >= 0.3 is 0 Å². The molecular weight excluding hydrogens is 338 g/mol. The van der Waals surface area contributed by atoms with Gasteiger partial charge in [0.15, 0.2) is 0 Å². The molecule has 1 amide bonds. The molecule has 1 aromatic heterocycles. The second-order valence-corrected chi connectivity index (χ2v) is 7.18. The van der Waals surface area contributed by atoms with E-state index in [1.165, 1.54) is 0 Å². The van der Waals surface area contributed by atoms with Gasteiger partial charge < -0.3 is 9.64 Å². The SMILES string of the molecule is CC(C)c1cc(C(=O)N2CCC(Oc3ccccc3Cl)CC2)n(C)n1. The Labute approximate surface area is 153 Å². The Balaban J connectivity index is 1.60. The normalized spacial score (nSPS) is 15.6. The summed E-state index contributed by atoms with van der Waals surface area (Å²) in [5.74, 6) is 1.06. The van der Waals surface area contributed by atoms with Crippen molar-refractivity contribution in [1.29, 1.82) is 0 Å². The molecule has 134 valence electrons. The van der Waals surface area contributed by atoms with Crippen molar-refractivity contribution in [3.8, 4) is 5.75 Å². The summed E-state index contributed by atoms with van der Waals surface area (Å²) in [5.41, 5.74) is 1.59. The second kappa shape index (κ2) is 7.48. The number of para-hydroxylation sites is 1. The van der Waals surface area contributed by atoms with Crippen molar-refractivity contribution < 1.29 is 9.53 Å². The van der Waals surface area contributed by atoms with E-state index in [9.17, 15) is 4.79 Å². The minimum atomic E-state index is 0.0399. The maximum absolute atomic E-state index is 12.8. The zero-order valence-electron chi connectivity index (χ0n) is 14.9. The van der Waals surface area contributed by atoms with Gasteiger partial charge in [-0.25, -0.2) is 0 Å². The number of carbonyl (C=O) groups excluding carboxylic acids is 1. The Bertz CT molecular complexity index is 749. The minimum absolute atomic E-state index is 0.0399. The molecule has 2 aromatic rings. The number of carbonyl (C=O) groups is 1. The van der Waals surface area contributed by atoms with E-state index in [0.717, 1.165) is 18.5 Å². The number of rotatable bonds is 4. The highest BCUT2D eigenvalue weighted by Gasteiger charge is 2.27. The quantitative estimate of drug-likeness (QED) is 0.830. The van der Waals surface area contributed by atoms with Crippen LogP contribution in [0.2, 0.25) is 5.02 Å². The zero-order chi connectivity index (χ0) is 18.0. The smallest absolute Gasteiger partial charge is 0.272 e. The predicted molar refractivity (Wildman–Crippen MR) is 98.3 cm³/mol. The fourth-order valence-electron chi connectivity index (χ4n) is 3.03. The maximum atomic E-state index is 12.8. The van der Waals surface area contributed by atoms with Crippen molar-refractivity contribution in [3.05, 3.63) is 46.7 Å². The van der Waals surface area contributed by atoms with Gasteiger partial charge in [-0.3, -0.25) is 9.48 Å². The molecule has 6 heteroatoms. The van der Waals surface area contributed by atoms with Crippen molar-refractivity contribution in [2.75, 3.05) is 13.1 Å². The molecule has 0 unspecified atom stereocenters. The number of nitrogens with zero attached hydrogens (tertiary/aromatic N) is 3. The fraction of sp³-hybridized carbons (Fsp3) is 0.474. The average molecular weight is 362 g/mol. The molecule has 0 N–H and O–H groups in total. The largest absolute Gasteiger partial charge is 0.489 e. The molecule has 1 aliphatic rings. The lowest BCUT2D eigenvalue weighted by atomic mass is 10.1. The van der Waals surface area contributed by atoms with Crippen molar-refractivity contribution in [3.63, 3.8) is 0 Å². The third-order valence-corrected chi connectivity index (χ3v) is 4.88. The van der Waals surface area contributed by atoms with E-state index < -0.39 is 0 Å². The molecule has 1 fully saturated rings. The maximum Gasteiger partial charge on any atom is 0.272 e. The Kier molecular flexibility index (Phi) is 5.33. The molecule has 0 bridgehead atoms. The van der Waals surface area contributed by atoms with E-state index in [0.29, 0.717) is 35.5 Å². The molecule has 5 nitrogen and oxygen atoms in total. The van der Waals surface area contributed by atoms with Crippen molar-refractivity contribution in [2.24, 2.45) is 7.05 Å². The van der Waals surface area contributed by atoms with Gasteiger partial charge in [0, 0.05) is 33.0 Å². The van der Waals surface area contributed by atoms with Gasteiger partial charge in [-0.15, -0.1) is 0 Å². The van der Waals surface area contributed by atoms with E-state index in [1.54, 1.807) is 4.68 Å². The van der Waals surface area contributed by atoms with E-state index in [4.69, 9.17) is 16.3 Å². The Morgan fingerprint density at radius 3 is 2.56 bits per heavy atom. The number of amides is 1. The summed E-state index contributed by atoms with van der Waals surface area (Å²) < 4.78 is 7.68. The molecule has 2 heterocycles. The first-order valence-corrected chi connectivity index (χ1v) is 9.08. The number of likely N-dealkylation sites (tertiary alicyclic amines) is 1. The molecule has 0 atom stereocenters. The Hall–Kier alpha value is -2.01. The Morgan fingerprint density at radius 1 is 1.28 bits per heavy atom. The van der Waals surface area contributed by atoms with Crippen LogP contribution in [-0.4, -0.2) is 39.8 Å². The average Bonchev–Trinajstić information content (AvgIpc) is 2.99. The van der Waals surface area contributed by atoms with Gasteiger partial charge in [-0.05, 0) is 24.1 Å².